The lowest BCUT2D eigenvalue weighted by Crippen LogP contribution is -2.28. The highest BCUT2D eigenvalue weighted by Gasteiger charge is 2.43. The Bertz CT molecular complexity index is 485. The molecule has 5 heteroatoms. The fourth-order valence-corrected chi connectivity index (χ4v) is 1.59. The molecule has 0 spiro atoms. The Labute approximate surface area is 79.3 Å². The average Bonchev–Trinajstić information content (AvgIpc) is 2.76. The van der Waals surface area contributed by atoms with Gasteiger partial charge in [-0.05, 0) is 5.57 Å². The van der Waals surface area contributed by atoms with E-state index in [4.69, 9.17) is 5.11 Å². The predicted octanol–water partition coefficient (Wildman–Crippen LogP) is -0.744. The second-order valence-electron chi connectivity index (χ2n) is 3.33. The number of aliphatic hydroxyl groups is 1. The van der Waals surface area contributed by atoms with Crippen LogP contribution in [0.25, 0.3) is 0 Å². The Morgan fingerprint density at radius 1 is 1.57 bits per heavy atom. The molecule has 1 aliphatic carbocycles. The van der Waals surface area contributed by atoms with Gasteiger partial charge in [0.25, 0.3) is 5.56 Å². The smallest absolute Gasteiger partial charge is 0.328 e. The molecule has 1 aromatic heterocycles. The summed E-state index contributed by atoms with van der Waals surface area (Å²) in [5.41, 5.74) is -0.0562. The number of nitrogens with zero attached hydrogens (tertiary/aromatic N) is 1. The van der Waals surface area contributed by atoms with Crippen LogP contribution in [0.3, 0.4) is 0 Å². The Morgan fingerprint density at radius 3 is 2.79 bits per heavy atom. The van der Waals surface area contributed by atoms with Gasteiger partial charge in [-0.3, -0.25) is 14.3 Å². The minimum absolute atomic E-state index is 0.0188. The van der Waals surface area contributed by atoms with Crippen LogP contribution in [0.1, 0.15) is 6.04 Å². The number of aromatic amines is 1. The third-order valence-electron chi connectivity index (χ3n) is 2.48. The molecule has 2 atom stereocenters. The van der Waals surface area contributed by atoms with Crippen molar-refractivity contribution in [1.82, 2.24) is 9.55 Å². The highest BCUT2D eigenvalue weighted by atomic mass is 16.3. The second-order valence-corrected chi connectivity index (χ2v) is 3.33. The summed E-state index contributed by atoms with van der Waals surface area (Å²) in [5.74, 6) is -0.0568. The largest absolute Gasteiger partial charge is 0.396 e. The molecule has 0 amide bonds. The minimum atomic E-state index is -0.459. The third kappa shape index (κ3) is 1.22. The van der Waals surface area contributed by atoms with Crippen LogP contribution in [0, 0.1) is 5.92 Å². The molecule has 0 radical (unpaired) electrons. The summed E-state index contributed by atoms with van der Waals surface area (Å²) in [6.07, 6.45) is 1.42. The highest BCUT2D eigenvalue weighted by Crippen LogP contribution is 2.47. The fourth-order valence-electron chi connectivity index (χ4n) is 1.59. The summed E-state index contributed by atoms with van der Waals surface area (Å²) in [5, 5.41) is 8.91. The normalized spacial score (nSPS) is 25.1. The molecule has 0 aromatic carbocycles. The summed E-state index contributed by atoms with van der Waals surface area (Å²) in [7, 11) is 0. The molecule has 0 bridgehead atoms. The van der Waals surface area contributed by atoms with E-state index in [9.17, 15) is 9.59 Å². The zero-order valence-electron chi connectivity index (χ0n) is 7.43. The first-order valence-corrected chi connectivity index (χ1v) is 4.26. The van der Waals surface area contributed by atoms with Crippen LogP contribution < -0.4 is 11.2 Å². The van der Waals surface area contributed by atoms with Gasteiger partial charge in [-0.2, -0.15) is 0 Å². The maximum atomic E-state index is 11.3. The van der Waals surface area contributed by atoms with E-state index in [2.05, 4.69) is 11.6 Å². The number of hydrogen-bond acceptors (Lipinski definition) is 3. The predicted molar refractivity (Wildman–Crippen MR) is 50.1 cm³/mol. The molecule has 0 aliphatic heterocycles. The second kappa shape index (κ2) is 2.95. The lowest BCUT2D eigenvalue weighted by Gasteiger charge is -2.00. The van der Waals surface area contributed by atoms with Gasteiger partial charge >= 0.3 is 5.69 Å². The number of H-pyrrole nitrogens is 1. The summed E-state index contributed by atoms with van der Waals surface area (Å²) < 4.78 is 1.38. The van der Waals surface area contributed by atoms with Gasteiger partial charge in [-0.1, -0.05) is 6.58 Å². The molecule has 2 rings (SSSR count). The molecule has 1 heterocycles. The van der Waals surface area contributed by atoms with Crippen LogP contribution in [0.4, 0.5) is 0 Å². The van der Waals surface area contributed by atoms with Crippen molar-refractivity contribution in [1.29, 1.82) is 0 Å². The third-order valence-corrected chi connectivity index (χ3v) is 2.48. The van der Waals surface area contributed by atoms with E-state index in [1.165, 1.54) is 16.8 Å². The van der Waals surface area contributed by atoms with E-state index in [0.717, 1.165) is 5.57 Å². The molecule has 14 heavy (non-hydrogen) atoms. The monoisotopic (exact) mass is 194 g/mol. The molecule has 1 aromatic rings. The van der Waals surface area contributed by atoms with Gasteiger partial charge in [0, 0.05) is 18.2 Å². The first-order valence-electron chi connectivity index (χ1n) is 4.26. The lowest BCUT2D eigenvalue weighted by atomic mass is 10.4. The number of nitrogens with one attached hydrogen (secondary N) is 1. The molecule has 1 aliphatic rings. The molecule has 2 N–H and O–H groups in total. The van der Waals surface area contributed by atoms with Gasteiger partial charge in [0.15, 0.2) is 0 Å². The van der Waals surface area contributed by atoms with E-state index in [0.29, 0.717) is 0 Å². The van der Waals surface area contributed by atoms with Crippen molar-refractivity contribution in [3.05, 3.63) is 45.3 Å². The van der Waals surface area contributed by atoms with Crippen molar-refractivity contribution in [3.63, 3.8) is 0 Å². The van der Waals surface area contributed by atoms with Gasteiger partial charge in [-0.15, -0.1) is 0 Å². The van der Waals surface area contributed by atoms with Crippen LogP contribution in [-0.2, 0) is 0 Å². The lowest BCUT2D eigenvalue weighted by molar-refractivity contribution is 0.271. The van der Waals surface area contributed by atoms with Crippen molar-refractivity contribution in [3.8, 4) is 0 Å². The molecule has 1 fully saturated rings. The first-order chi connectivity index (χ1) is 6.65. The van der Waals surface area contributed by atoms with Crippen molar-refractivity contribution < 1.29 is 5.11 Å². The summed E-state index contributed by atoms with van der Waals surface area (Å²) in [6, 6.07) is 1.12. The number of aromatic nitrogens is 2. The Balaban J connectivity index is 2.40. The van der Waals surface area contributed by atoms with Crippen LogP contribution >= 0.6 is 0 Å². The number of rotatable bonds is 2. The molecule has 5 nitrogen and oxygen atoms in total. The Hall–Kier alpha value is -1.62. The van der Waals surface area contributed by atoms with E-state index in [1.54, 1.807) is 0 Å². The van der Waals surface area contributed by atoms with Crippen molar-refractivity contribution in [2.75, 3.05) is 6.61 Å². The zero-order valence-corrected chi connectivity index (χ0v) is 7.43. The van der Waals surface area contributed by atoms with Gasteiger partial charge in [-0.25, -0.2) is 4.79 Å². The highest BCUT2D eigenvalue weighted by molar-refractivity contribution is 5.29. The number of hydrogen-bond donors (Lipinski definition) is 2. The first kappa shape index (κ1) is 8.96. The molecule has 0 unspecified atom stereocenters. The SMILES string of the molecule is C=C1[C@@H](n2ccc(=O)[nH]c2=O)[C@H]1CO. The topological polar surface area (TPSA) is 75.1 Å². The van der Waals surface area contributed by atoms with Gasteiger partial charge in [0.05, 0.1) is 12.6 Å². The zero-order chi connectivity index (χ0) is 10.3. The maximum Gasteiger partial charge on any atom is 0.328 e. The van der Waals surface area contributed by atoms with Crippen LogP contribution in [0.5, 0.6) is 0 Å². The summed E-state index contributed by atoms with van der Waals surface area (Å²) >= 11 is 0. The average molecular weight is 194 g/mol. The summed E-state index contributed by atoms with van der Waals surface area (Å²) in [6.45, 7) is 3.71. The molecule has 1 saturated carbocycles. The fraction of sp³-hybridized carbons (Fsp3) is 0.333. The molecule has 74 valence electrons. The van der Waals surface area contributed by atoms with Gasteiger partial charge in [0.1, 0.15) is 0 Å². The minimum Gasteiger partial charge on any atom is -0.396 e. The van der Waals surface area contributed by atoms with E-state index in [-0.39, 0.29) is 18.6 Å². The molecule has 0 saturated heterocycles. The number of aliphatic hydroxyl groups excluding tert-OH is 1. The standard InChI is InChI=1S/C9H10N2O3/c1-5-6(4-12)8(5)11-3-2-7(13)10-9(11)14/h2-3,6,8,12H,1,4H2,(H,10,13,14)/t6-,8+/m0/s1. The Kier molecular flexibility index (Phi) is 1.89. The Morgan fingerprint density at radius 2 is 2.29 bits per heavy atom. The quantitative estimate of drug-likeness (QED) is 0.608. The molecular formula is C9H10N2O3. The van der Waals surface area contributed by atoms with Crippen molar-refractivity contribution in [2.45, 2.75) is 6.04 Å². The van der Waals surface area contributed by atoms with E-state index >= 15 is 0 Å². The van der Waals surface area contributed by atoms with E-state index in [1.807, 2.05) is 0 Å². The van der Waals surface area contributed by atoms with E-state index < -0.39 is 11.2 Å². The van der Waals surface area contributed by atoms with Crippen molar-refractivity contribution >= 4 is 0 Å². The van der Waals surface area contributed by atoms with Crippen LogP contribution in [-0.4, -0.2) is 21.3 Å². The van der Waals surface area contributed by atoms with Gasteiger partial charge in [0.2, 0.25) is 0 Å². The summed E-state index contributed by atoms with van der Waals surface area (Å²) in [4.78, 5) is 24.2. The van der Waals surface area contributed by atoms with Crippen LogP contribution in [0.2, 0.25) is 0 Å². The van der Waals surface area contributed by atoms with Gasteiger partial charge < -0.3 is 5.11 Å². The molecular weight excluding hydrogens is 184 g/mol. The van der Waals surface area contributed by atoms with Crippen molar-refractivity contribution in [2.24, 2.45) is 5.92 Å². The van der Waals surface area contributed by atoms with Crippen LogP contribution in [0.15, 0.2) is 34.0 Å². The maximum absolute atomic E-state index is 11.3.